The Morgan fingerprint density at radius 1 is 1.41 bits per heavy atom. The number of Topliss-reactive ketones (excluding diaryl/α,β-unsaturated/α-hetero) is 1. The Bertz CT molecular complexity index is 908. The van der Waals surface area contributed by atoms with Crippen molar-refractivity contribution < 1.29 is 19.4 Å². The van der Waals surface area contributed by atoms with Gasteiger partial charge in [-0.1, -0.05) is 12.1 Å². The quantitative estimate of drug-likeness (QED) is 0.777. The molecule has 1 spiro atoms. The van der Waals surface area contributed by atoms with Crippen LogP contribution < -0.4 is 9.47 Å². The molecule has 1 aromatic rings. The van der Waals surface area contributed by atoms with Crippen molar-refractivity contribution in [2.45, 2.75) is 61.7 Å². The fourth-order valence-corrected chi connectivity index (χ4v) is 6.95. The summed E-state index contributed by atoms with van der Waals surface area (Å²) in [6, 6.07) is 4.12. The minimum atomic E-state index is -0.961. The molecule has 5 atom stereocenters. The van der Waals surface area contributed by atoms with Crippen molar-refractivity contribution in [3.8, 4) is 11.5 Å². The number of aliphatic hydroxyl groups is 1. The number of ketones is 1. The molecule has 0 amide bonds. The van der Waals surface area contributed by atoms with Crippen molar-refractivity contribution in [2.24, 2.45) is 11.8 Å². The van der Waals surface area contributed by atoms with Gasteiger partial charge in [0.05, 0.1) is 18.1 Å². The van der Waals surface area contributed by atoms with Gasteiger partial charge in [-0.15, -0.1) is 6.58 Å². The van der Waals surface area contributed by atoms with E-state index in [9.17, 15) is 9.90 Å². The topological polar surface area (TPSA) is 59.0 Å². The highest BCUT2D eigenvalue weighted by atomic mass is 16.5. The smallest absolute Gasteiger partial charge is 0.177 e. The Morgan fingerprint density at radius 3 is 2.97 bits per heavy atom. The number of allylic oxidation sites excluding steroid dienone is 1. The van der Waals surface area contributed by atoms with Crippen LogP contribution in [0.25, 0.3) is 0 Å². The minimum Gasteiger partial charge on any atom is -0.493 e. The van der Waals surface area contributed by atoms with E-state index >= 15 is 0 Å². The van der Waals surface area contributed by atoms with Crippen molar-refractivity contribution in [3.05, 3.63) is 35.9 Å². The van der Waals surface area contributed by atoms with Gasteiger partial charge in [-0.25, -0.2) is 0 Å². The van der Waals surface area contributed by atoms with Crippen LogP contribution >= 0.6 is 0 Å². The predicted molar refractivity (Wildman–Crippen MR) is 108 cm³/mol. The van der Waals surface area contributed by atoms with Crippen LogP contribution in [0.3, 0.4) is 0 Å². The van der Waals surface area contributed by atoms with Crippen molar-refractivity contribution in [1.82, 2.24) is 4.90 Å². The lowest BCUT2D eigenvalue weighted by molar-refractivity contribution is -0.197. The van der Waals surface area contributed by atoms with Crippen molar-refractivity contribution in [1.29, 1.82) is 0 Å². The van der Waals surface area contributed by atoms with Crippen LogP contribution in [0.1, 0.15) is 43.2 Å². The van der Waals surface area contributed by atoms with Crippen molar-refractivity contribution >= 4 is 5.78 Å². The van der Waals surface area contributed by atoms with E-state index in [1.54, 1.807) is 13.2 Å². The molecule has 2 heterocycles. The van der Waals surface area contributed by atoms with Gasteiger partial charge in [0, 0.05) is 24.1 Å². The summed E-state index contributed by atoms with van der Waals surface area (Å²) in [5, 5.41) is 12.4. The highest BCUT2D eigenvalue weighted by molar-refractivity contribution is 5.92. The molecule has 2 unspecified atom stereocenters. The van der Waals surface area contributed by atoms with Crippen LogP contribution in [-0.2, 0) is 16.6 Å². The Kier molecular flexibility index (Phi) is 3.63. The van der Waals surface area contributed by atoms with Crippen molar-refractivity contribution in [2.75, 3.05) is 20.2 Å². The second kappa shape index (κ2) is 5.86. The monoisotopic (exact) mass is 395 g/mol. The van der Waals surface area contributed by atoms with E-state index in [1.807, 2.05) is 6.07 Å². The summed E-state index contributed by atoms with van der Waals surface area (Å²) >= 11 is 0. The van der Waals surface area contributed by atoms with Gasteiger partial charge < -0.3 is 14.6 Å². The fourth-order valence-electron chi connectivity index (χ4n) is 6.95. The zero-order valence-electron chi connectivity index (χ0n) is 17.0. The van der Waals surface area contributed by atoms with Crippen LogP contribution in [0.2, 0.25) is 0 Å². The summed E-state index contributed by atoms with van der Waals surface area (Å²) < 4.78 is 12.0. The maximum absolute atomic E-state index is 13.5. The lowest BCUT2D eigenvalue weighted by atomic mass is 9.47. The van der Waals surface area contributed by atoms with E-state index in [2.05, 4.69) is 17.5 Å². The van der Waals surface area contributed by atoms with E-state index in [0.29, 0.717) is 24.3 Å². The molecule has 6 rings (SSSR count). The number of nitrogens with zero attached hydrogens (tertiary/aromatic N) is 1. The molecule has 29 heavy (non-hydrogen) atoms. The Morgan fingerprint density at radius 2 is 2.24 bits per heavy atom. The van der Waals surface area contributed by atoms with Crippen molar-refractivity contribution in [3.63, 3.8) is 0 Å². The highest BCUT2D eigenvalue weighted by Gasteiger charge is 2.74. The molecule has 2 bridgehead atoms. The zero-order chi connectivity index (χ0) is 20.0. The first-order valence-electron chi connectivity index (χ1n) is 11.0. The molecule has 2 saturated carbocycles. The van der Waals surface area contributed by atoms with Crippen LogP contribution in [0.5, 0.6) is 11.5 Å². The number of benzene rings is 1. The van der Waals surface area contributed by atoms with Crippen LogP contribution in [0.4, 0.5) is 0 Å². The van der Waals surface area contributed by atoms with E-state index in [-0.39, 0.29) is 17.7 Å². The number of hydrogen-bond donors (Lipinski definition) is 1. The Labute approximate surface area is 171 Å². The number of rotatable bonds is 5. The number of carbonyl (C=O) groups excluding carboxylic acids is 1. The average Bonchev–Trinajstić information content (AvgIpc) is 3.44. The van der Waals surface area contributed by atoms with Gasteiger partial charge in [-0.2, -0.15) is 0 Å². The van der Waals surface area contributed by atoms with Gasteiger partial charge >= 0.3 is 0 Å². The molecule has 3 fully saturated rings. The summed E-state index contributed by atoms with van der Waals surface area (Å²) in [5.41, 5.74) is 0.659. The largest absolute Gasteiger partial charge is 0.493 e. The molecule has 3 aliphatic carbocycles. The van der Waals surface area contributed by atoms with E-state index in [1.165, 1.54) is 18.4 Å². The minimum absolute atomic E-state index is 0.0372. The van der Waals surface area contributed by atoms with Gasteiger partial charge in [0.2, 0.25) is 0 Å². The molecular formula is C24H29NO4. The number of hydrogen-bond acceptors (Lipinski definition) is 5. The molecule has 5 nitrogen and oxygen atoms in total. The third kappa shape index (κ3) is 2.10. The molecule has 2 aliphatic heterocycles. The SMILES string of the molecule is C=CCC1C[C@@]2(O)C3Cc4ccc(OC)c5c4[C@@]2(CCN3CC2CC2)[C@@H](O5)C1=O. The molecule has 5 aliphatic rings. The standard InChI is InChI=1S/C24H29NO4/c1-3-4-16-12-24(27)18-11-15-7-8-17(28-2)21-19(15)23(24,22(29-21)20(16)26)9-10-25(18)13-14-5-6-14/h3,7-8,14,16,18,22,27H,1,4-6,9-13H2,2H3/t16?,18?,22-,23-,24+/m0/s1. The molecule has 154 valence electrons. The van der Waals surface area contributed by atoms with E-state index < -0.39 is 17.1 Å². The Hall–Kier alpha value is -1.85. The number of methoxy groups -OCH3 is 1. The summed E-state index contributed by atoms with van der Waals surface area (Å²) in [5.74, 6) is 2.01. The van der Waals surface area contributed by atoms with E-state index in [0.717, 1.165) is 37.4 Å². The van der Waals surface area contributed by atoms with Crippen LogP contribution in [0.15, 0.2) is 24.8 Å². The Balaban J connectivity index is 1.55. The number of carbonyl (C=O) groups is 1. The summed E-state index contributed by atoms with van der Waals surface area (Å²) in [7, 11) is 1.64. The summed E-state index contributed by atoms with van der Waals surface area (Å²) in [4.78, 5) is 16.0. The molecule has 1 aromatic carbocycles. The fraction of sp³-hybridized carbons (Fsp3) is 0.625. The molecular weight excluding hydrogens is 366 g/mol. The lowest BCUT2D eigenvalue weighted by Crippen LogP contribution is -2.77. The maximum atomic E-state index is 13.5. The second-order valence-corrected chi connectivity index (χ2v) is 9.76. The highest BCUT2D eigenvalue weighted by Crippen LogP contribution is 2.65. The molecule has 0 aromatic heterocycles. The number of piperidine rings is 1. The molecule has 1 saturated heterocycles. The predicted octanol–water partition coefficient (Wildman–Crippen LogP) is 2.63. The van der Waals surface area contributed by atoms with E-state index in [4.69, 9.17) is 9.47 Å². The first-order chi connectivity index (χ1) is 14.0. The molecule has 5 heteroatoms. The van der Waals surface area contributed by atoms with Gasteiger partial charge in [0.15, 0.2) is 23.4 Å². The van der Waals surface area contributed by atoms with Gasteiger partial charge in [-0.05, 0) is 62.6 Å². The molecule has 0 radical (unpaired) electrons. The van der Waals surface area contributed by atoms with Gasteiger partial charge in [0.1, 0.15) is 0 Å². The average molecular weight is 395 g/mol. The summed E-state index contributed by atoms with van der Waals surface area (Å²) in [6.07, 6.45) is 6.44. The third-order valence-electron chi connectivity index (χ3n) is 8.39. The van der Waals surface area contributed by atoms with Crippen LogP contribution in [-0.4, -0.2) is 53.7 Å². The normalized spacial score (nSPS) is 39.7. The lowest BCUT2D eigenvalue weighted by Gasteiger charge is -2.63. The second-order valence-electron chi connectivity index (χ2n) is 9.76. The number of likely N-dealkylation sites (tertiary alicyclic amines) is 1. The zero-order valence-corrected chi connectivity index (χ0v) is 17.0. The maximum Gasteiger partial charge on any atom is 0.177 e. The summed E-state index contributed by atoms with van der Waals surface area (Å²) in [6.45, 7) is 5.83. The molecule has 1 N–H and O–H groups in total. The van der Waals surface area contributed by atoms with Crippen LogP contribution in [0, 0.1) is 11.8 Å². The third-order valence-corrected chi connectivity index (χ3v) is 8.39. The first-order valence-corrected chi connectivity index (χ1v) is 11.0. The van der Waals surface area contributed by atoms with Gasteiger partial charge in [0.25, 0.3) is 0 Å². The number of ether oxygens (including phenoxy) is 2. The first kappa shape index (κ1) is 18.0. The van der Waals surface area contributed by atoms with Gasteiger partial charge in [-0.3, -0.25) is 9.69 Å².